The third kappa shape index (κ3) is 4.75. The Labute approximate surface area is 157 Å². The van der Waals surface area contributed by atoms with Crippen LogP contribution in [0.5, 0.6) is 5.75 Å². The second-order valence-electron chi connectivity index (χ2n) is 6.99. The zero-order valence-corrected chi connectivity index (χ0v) is 15.8. The van der Waals surface area contributed by atoms with Gasteiger partial charge in [0.1, 0.15) is 5.75 Å². The van der Waals surface area contributed by atoms with E-state index in [0.29, 0.717) is 6.42 Å². The molecular weight excluding hydrogens is 322 g/mol. The van der Waals surface area contributed by atoms with Gasteiger partial charge in [-0.2, -0.15) is 5.26 Å². The molecule has 1 fully saturated rings. The monoisotopic (exact) mass is 351 g/mol. The van der Waals surface area contributed by atoms with E-state index < -0.39 is 0 Å². The molecule has 1 aliphatic rings. The van der Waals surface area contributed by atoms with E-state index in [9.17, 15) is 0 Å². The molecule has 0 N–H and O–H groups in total. The minimum atomic E-state index is 0.624. The molecule has 0 saturated carbocycles. The Kier molecular flexibility index (Phi) is 6.88. The van der Waals surface area contributed by atoms with E-state index in [0.717, 1.165) is 64.5 Å². The molecule has 3 rings (SSSR count). The van der Waals surface area contributed by atoms with Gasteiger partial charge in [-0.1, -0.05) is 43.7 Å². The van der Waals surface area contributed by atoms with Crippen LogP contribution < -0.4 is 4.74 Å². The molecule has 0 spiro atoms. The van der Waals surface area contributed by atoms with Crippen LogP contribution in [0.3, 0.4) is 0 Å². The van der Waals surface area contributed by atoms with Gasteiger partial charge in [0.05, 0.1) is 12.7 Å². The molecule has 0 unspecified atom stereocenters. The molecule has 26 heavy (non-hydrogen) atoms. The summed E-state index contributed by atoms with van der Waals surface area (Å²) < 4.78 is 6.13. The van der Waals surface area contributed by atoms with Crippen molar-refractivity contribution in [1.29, 1.82) is 5.26 Å². The molecule has 0 amide bonds. The average molecular weight is 351 g/mol. The van der Waals surface area contributed by atoms with E-state index >= 15 is 0 Å². The van der Waals surface area contributed by atoms with Crippen molar-refractivity contribution in [3.05, 3.63) is 42.0 Å². The SMILES string of the molecule is CCCCOc1ccc2ccccc2c1CN1CCN(CCC#N)CC1. The highest BCUT2D eigenvalue weighted by Gasteiger charge is 2.19. The number of hydrogen-bond acceptors (Lipinski definition) is 4. The van der Waals surface area contributed by atoms with Crippen molar-refractivity contribution in [3.8, 4) is 11.8 Å². The van der Waals surface area contributed by atoms with Crippen LogP contribution in [0.15, 0.2) is 36.4 Å². The zero-order chi connectivity index (χ0) is 18.2. The number of rotatable bonds is 8. The second-order valence-corrected chi connectivity index (χ2v) is 6.99. The van der Waals surface area contributed by atoms with Crippen LogP contribution in [0.25, 0.3) is 10.8 Å². The van der Waals surface area contributed by atoms with E-state index in [1.165, 1.54) is 16.3 Å². The van der Waals surface area contributed by atoms with Gasteiger partial charge in [0.15, 0.2) is 0 Å². The summed E-state index contributed by atoms with van der Waals surface area (Å²) in [5, 5.41) is 11.3. The first kappa shape index (κ1) is 18.7. The molecule has 2 aromatic rings. The summed E-state index contributed by atoms with van der Waals surface area (Å²) in [6.45, 7) is 8.96. The van der Waals surface area contributed by atoms with Gasteiger partial charge in [-0.05, 0) is 23.3 Å². The lowest BCUT2D eigenvalue weighted by Crippen LogP contribution is -2.46. The van der Waals surface area contributed by atoms with Gasteiger partial charge >= 0.3 is 0 Å². The smallest absolute Gasteiger partial charge is 0.124 e. The molecule has 0 atom stereocenters. The summed E-state index contributed by atoms with van der Waals surface area (Å²) in [7, 11) is 0. The molecule has 1 aliphatic heterocycles. The van der Waals surface area contributed by atoms with Crippen LogP contribution in [-0.2, 0) is 6.54 Å². The number of piperazine rings is 1. The number of unbranched alkanes of at least 4 members (excludes halogenated alkanes) is 1. The minimum absolute atomic E-state index is 0.624. The third-order valence-corrected chi connectivity index (χ3v) is 5.14. The second kappa shape index (κ2) is 9.56. The van der Waals surface area contributed by atoms with Crippen LogP contribution in [0.2, 0.25) is 0 Å². The Morgan fingerprint density at radius 1 is 1.04 bits per heavy atom. The number of fused-ring (bicyclic) bond motifs is 1. The van der Waals surface area contributed by atoms with Gasteiger partial charge in [0.25, 0.3) is 0 Å². The van der Waals surface area contributed by atoms with Gasteiger partial charge in [-0.25, -0.2) is 0 Å². The molecule has 4 nitrogen and oxygen atoms in total. The highest BCUT2D eigenvalue weighted by atomic mass is 16.5. The molecule has 0 bridgehead atoms. The van der Waals surface area contributed by atoms with Crippen molar-refractivity contribution in [2.24, 2.45) is 0 Å². The summed E-state index contributed by atoms with van der Waals surface area (Å²) >= 11 is 0. The van der Waals surface area contributed by atoms with E-state index in [2.05, 4.69) is 59.2 Å². The largest absolute Gasteiger partial charge is 0.493 e. The van der Waals surface area contributed by atoms with E-state index in [-0.39, 0.29) is 0 Å². The van der Waals surface area contributed by atoms with E-state index in [1.54, 1.807) is 0 Å². The van der Waals surface area contributed by atoms with Crippen LogP contribution in [-0.4, -0.2) is 49.1 Å². The molecular formula is C22H29N3O. The molecule has 1 saturated heterocycles. The highest BCUT2D eigenvalue weighted by molar-refractivity contribution is 5.87. The molecule has 0 aromatic heterocycles. The Morgan fingerprint density at radius 3 is 2.58 bits per heavy atom. The number of benzene rings is 2. The van der Waals surface area contributed by atoms with Gasteiger partial charge in [-0.3, -0.25) is 9.80 Å². The van der Waals surface area contributed by atoms with Crippen LogP contribution in [0.4, 0.5) is 0 Å². The van der Waals surface area contributed by atoms with Gasteiger partial charge in [0, 0.05) is 51.3 Å². The maximum atomic E-state index is 8.76. The fourth-order valence-corrected chi connectivity index (χ4v) is 3.54. The fourth-order valence-electron chi connectivity index (χ4n) is 3.54. The molecule has 4 heteroatoms. The Hall–Kier alpha value is -2.09. The van der Waals surface area contributed by atoms with Crippen molar-refractivity contribution in [3.63, 3.8) is 0 Å². The van der Waals surface area contributed by atoms with Crippen LogP contribution >= 0.6 is 0 Å². The first-order chi connectivity index (χ1) is 12.8. The quantitative estimate of drug-likeness (QED) is 0.673. The van der Waals surface area contributed by atoms with Gasteiger partial charge < -0.3 is 4.74 Å². The van der Waals surface area contributed by atoms with E-state index in [1.807, 2.05) is 0 Å². The lowest BCUT2D eigenvalue weighted by Gasteiger charge is -2.34. The standard InChI is InChI=1S/C22H29N3O/c1-2-3-17-26-22-10-9-19-7-4-5-8-20(19)21(22)18-25-15-13-24(14-16-25)12-6-11-23/h4-5,7-10H,2-3,6,12-18H2,1H3. The summed E-state index contributed by atoms with van der Waals surface area (Å²) in [5.41, 5.74) is 1.31. The first-order valence-electron chi connectivity index (χ1n) is 9.77. The molecule has 0 radical (unpaired) electrons. The maximum Gasteiger partial charge on any atom is 0.124 e. The summed E-state index contributed by atoms with van der Waals surface area (Å²) in [6.07, 6.45) is 2.86. The van der Waals surface area contributed by atoms with Gasteiger partial charge in [-0.15, -0.1) is 0 Å². The molecule has 138 valence electrons. The Morgan fingerprint density at radius 2 is 1.81 bits per heavy atom. The number of nitriles is 1. The van der Waals surface area contributed by atoms with Crippen molar-refractivity contribution < 1.29 is 4.74 Å². The summed E-state index contributed by atoms with van der Waals surface area (Å²) in [4.78, 5) is 4.90. The summed E-state index contributed by atoms with van der Waals surface area (Å²) in [5.74, 6) is 1.03. The van der Waals surface area contributed by atoms with Crippen molar-refractivity contribution in [2.75, 3.05) is 39.3 Å². The number of nitrogens with zero attached hydrogens (tertiary/aromatic N) is 3. The van der Waals surface area contributed by atoms with E-state index in [4.69, 9.17) is 10.00 Å². The lowest BCUT2D eigenvalue weighted by molar-refractivity contribution is 0.128. The maximum absolute atomic E-state index is 8.76. The molecule has 2 aromatic carbocycles. The van der Waals surface area contributed by atoms with Crippen LogP contribution in [0.1, 0.15) is 31.7 Å². The van der Waals surface area contributed by atoms with Gasteiger partial charge in [0.2, 0.25) is 0 Å². The van der Waals surface area contributed by atoms with Crippen LogP contribution in [0, 0.1) is 11.3 Å². The lowest BCUT2D eigenvalue weighted by atomic mass is 10.0. The highest BCUT2D eigenvalue weighted by Crippen LogP contribution is 2.30. The van der Waals surface area contributed by atoms with Crippen molar-refractivity contribution in [2.45, 2.75) is 32.7 Å². The molecule has 1 heterocycles. The minimum Gasteiger partial charge on any atom is -0.493 e. The van der Waals surface area contributed by atoms with Crippen molar-refractivity contribution >= 4 is 10.8 Å². The summed E-state index contributed by atoms with van der Waals surface area (Å²) in [6, 6.07) is 15.1. The predicted molar refractivity (Wildman–Crippen MR) is 106 cm³/mol. The number of hydrogen-bond donors (Lipinski definition) is 0. The fraction of sp³-hybridized carbons (Fsp3) is 0.500. The zero-order valence-electron chi connectivity index (χ0n) is 15.8. The Bertz CT molecular complexity index is 745. The third-order valence-electron chi connectivity index (χ3n) is 5.14. The topological polar surface area (TPSA) is 39.5 Å². The first-order valence-corrected chi connectivity index (χ1v) is 9.77. The predicted octanol–water partition coefficient (Wildman–Crippen LogP) is 4.05. The Balaban J connectivity index is 1.73. The number of ether oxygens (including phenoxy) is 1. The average Bonchev–Trinajstić information content (AvgIpc) is 2.69. The normalized spacial score (nSPS) is 15.8. The molecule has 0 aliphatic carbocycles. The van der Waals surface area contributed by atoms with Crippen molar-refractivity contribution in [1.82, 2.24) is 9.80 Å².